The third kappa shape index (κ3) is 5.96. The van der Waals surface area contributed by atoms with Gasteiger partial charge in [-0.3, -0.25) is 0 Å². The van der Waals surface area contributed by atoms with Crippen molar-refractivity contribution in [1.29, 1.82) is 0 Å². The molecular weight excluding hydrogens is 426 g/mol. The summed E-state index contributed by atoms with van der Waals surface area (Å²) in [5, 5.41) is 8.34. The van der Waals surface area contributed by atoms with Crippen molar-refractivity contribution in [2.45, 2.75) is 44.9 Å². The van der Waals surface area contributed by atoms with Crippen LogP contribution < -0.4 is 20.3 Å². The minimum Gasteiger partial charge on any atom is -0.496 e. The average Bonchev–Trinajstić information content (AvgIpc) is 2.85. The Morgan fingerprint density at radius 1 is 1.00 bits per heavy atom. The molecule has 1 fully saturated rings. The molecular formula is C27H37N5O2. The molecule has 182 valence electrons. The molecule has 2 aromatic carbocycles. The van der Waals surface area contributed by atoms with Crippen molar-refractivity contribution in [2.24, 2.45) is 5.92 Å². The highest BCUT2D eigenvalue weighted by atomic mass is 16.5. The molecule has 0 spiro atoms. The maximum absolute atomic E-state index is 5.43. The van der Waals surface area contributed by atoms with Gasteiger partial charge in [0.15, 0.2) is 0 Å². The van der Waals surface area contributed by atoms with Gasteiger partial charge in [-0.05, 0) is 68.0 Å². The molecule has 2 N–H and O–H groups in total. The van der Waals surface area contributed by atoms with E-state index in [-0.39, 0.29) is 0 Å². The van der Waals surface area contributed by atoms with Gasteiger partial charge in [0.05, 0.1) is 19.2 Å². The van der Waals surface area contributed by atoms with Gasteiger partial charge >= 0.3 is 0 Å². The quantitative estimate of drug-likeness (QED) is 0.455. The zero-order valence-corrected chi connectivity index (χ0v) is 20.8. The van der Waals surface area contributed by atoms with Crippen LogP contribution >= 0.6 is 0 Å². The summed E-state index contributed by atoms with van der Waals surface area (Å²) in [6.45, 7) is 2.46. The van der Waals surface area contributed by atoms with E-state index in [1.807, 2.05) is 32.3 Å². The Balaban J connectivity index is 1.27. The number of aromatic nitrogens is 2. The Labute approximate surface area is 202 Å². The lowest BCUT2D eigenvalue weighted by Crippen LogP contribution is -2.31. The largest absolute Gasteiger partial charge is 0.496 e. The van der Waals surface area contributed by atoms with Crippen molar-refractivity contribution in [3.63, 3.8) is 0 Å². The van der Waals surface area contributed by atoms with E-state index in [1.54, 1.807) is 14.2 Å². The highest BCUT2D eigenvalue weighted by molar-refractivity contribution is 5.90. The molecule has 1 heterocycles. The van der Waals surface area contributed by atoms with E-state index < -0.39 is 0 Å². The predicted octanol–water partition coefficient (Wildman–Crippen LogP) is 4.61. The van der Waals surface area contributed by atoms with E-state index >= 15 is 0 Å². The van der Waals surface area contributed by atoms with Gasteiger partial charge in [-0.15, -0.1) is 0 Å². The molecule has 34 heavy (non-hydrogen) atoms. The smallest absolute Gasteiger partial charge is 0.225 e. The van der Waals surface area contributed by atoms with Gasteiger partial charge in [0.1, 0.15) is 11.6 Å². The molecule has 7 heteroatoms. The molecule has 0 radical (unpaired) electrons. The van der Waals surface area contributed by atoms with Crippen LogP contribution in [0.4, 0.5) is 11.8 Å². The molecule has 1 aliphatic rings. The number of benzene rings is 2. The molecule has 1 aliphatic carbocycles. The zero-order chi connectivity index (χ0) is 23.9. The van der Waals surface area contributed by atoms with Gasteiger partial charge < -0.3 is 25.0 Å². The SMILES string of the molecule is COCc1cc(CNCC2CCC(Nc3nc(N(C)C)c4ccccc4n3)CC2)ccc1OC. The molecule has 0 saturated heterocycles. The van der Waals surface area contributed by atoms with Crippen molar-refractivity contribution in [3.8, 4) is 5.75 Å². The summed E-state index contributed by atoms with van der Waals surface area (Å²) in [6.07, 6.45) is 4.69. The molecule has 0 unspecified atom stereocenters. The molecule has 0 bridgehead atoms. The number of fused-ring (bicyclic) bond motifs is 1. The minimum absolute atomic E-state index is 0.422. The average molecular weight is 464 g/mol. The fourth-order valence-corrected chi connectivity index (χ4v) is 4.79. The maximum atomic E-state index is 5.43. The molecule has 0 amide bonds. The lowest BCUT2D eigenvalue weighted by molar-refractivity contribution is 0.181. The first kappa shape index (κ1) is 24.2. The van der Waals surface area contributed by atoms with Gasteiger partial charge in [-0.25, -0.2) is 4.98 Å². The second kappa shape index (κ2) is 11.5. The monoisotopic (exact) mass is 463 g/mol. The van der Waals surface area contributed by atoms with Crippen LogP contribution in [-0.2, 0) is 17.9 Å². The van der Waals surface area contributed by atoms with E-state index in [4.69, 9.17) is 19.4 Å². The van der Waals surface area contributed by atoms with Crippen molar-refractivity contribution in [2.75, 3.05) is 45.1 Å². The van der Waals surface area contributed by atoms with Crippen LogP contribution in [0.2, 0.25) is 0 Å². The number of hydrogen-bond acceptors (Lipinski definition) is 7. The number of nitrogens with zero attached hydrogens (tertiary/aromatic N) is 3. The first-order valence-corrected chi connectivity index (χ1v) is 12.1. The first-order chi connectivity index (χ1) is 16.6. The minimum atomic E-state index is 0.422. The van der Waals surface area contributed by atoms with Crippen molar-refractivity contribution in [3.05, 3.63) is 53.6 Å². The van der Waals surface area contributed by atoms with Gasteiger partial charge in [0, 0.05) is 44.7 Å². The summed E-state index contributed by atoms with van der Waals surface area (Å²) < 4.78 is 10.7. The van der Waals surface area contributed by atoms with Crippen LogP contribution in [0.1, 0.15) is 36.8 Å². The topological polar surface area (TPSA) is 71.5 Å². The normalized spacial score (nSPS) is 18.1. The van der Waals surface area contributed by atoms with Gasteiger partial charge in [-0.2, -0.15) is 4.98 Å². The van der Waals surface area contributed by atoms with E-state index in [2.05, 4.69) is 39.8 Å². The van der Waals surface area contributed by atoms with Crippen LogP contribution in [0.3, 0.4) is 0 Å². The second-order valence-corrected chi connectivity index (χ2v) is 9.35. The standard InChI is InChI=1S/C27H37N5O2/c1-32(2)26-23-7-5-6-8-24(23)30-27(31-26)29-22-12-9-19(10-13-22)16-28-17-20-11-14-25(34-4)21(15-20)18-33-3/h5-8,11,14-15,19,22,28H,9-10,12-13,16-18H2,1-4H3,(H,29,30,31). The predicted molar refractivity (Wildman–Crippen MR) is 139 cm³/mol. The van der Waals surface area contributed by atoms with Crippen molar-refractivity contribution in [1.82, 2.24) is 15.3 Å². The van der Waals surface area contributed by atoms with E-state index in [9.17, 15) is 0 Å². The Bertz CT molecular complexity index is 1080. The van der Waals surface area contributed by atoms with Gasteiger partial charge in [0.25, 0.3) is 0 Å². The van der Waals surface area contributed by atoms with Crippen molar-refractivity contribution >= 4 is 22.7 Å². The molecule has 7 nitrogen and oxygen atoms in total. The molecule has 1 aromatic heterocycles. The van der Waals surface area contributed by atoms with Crippen LogP contribution in [-0.4, -0.2) is 50.9 Å². The fraction of sp³-hybridized carbons (Fsp3) is 0.481. The van der Waals surface area contributed by atoms with E-state index in [1.165, 1.54) is 18.4 Å². The van der Waals surface area contributed by atoms with Crippen LogP contribution in [0.15, 0.2) is 42.5 Å². The number of methoxy groups -OCH3 is 2. The summed E-state index contributed by atoms with van der Waals surface area (Å²) in [5.74, 6) is 3.27. The summed E-state index contributed by atoms with van der Waals surface area (Å²) >= 11 is 0. The summed E-state index contributed by atoms with van der Waals surface area (Å²) in [5.41, 5.74) is 3.33. The number of anilines is 2. The molecule has 1 saturated carbocycles. The van der Waals surface area contributed by atoms with Crippen LogP contribution in [0.5, 0.6) is 5.75 Å². The summed E-state index contributed by atoms with van der Waals surface area (Å²) in [4.78, 5) is 11.6. The third-order valence-electron chi connectivity index (χ3n) is 6.59. The molecule has 4 rings (SSSR count). The Kier molecular flexibility index (Phi) is 8.19. The number of para-hydroxylation sites is 1. The lowest BCUT2D eigenvalue weighted by atomic mass is 9.86. The lowest BCUT2D eigenvalue weighted by Gasteiger charge is -2.29. The zero-order valence-electron chi connectivity index (χ0n) is 20.8. The number of ether oxygens (including phenoxy) is 2. The van der Waals surface area contributed by atoms with Crippen LogP contribution in [0.25, 0.3) is 10.9 Å². The van der Waals surface area contributed by atoms with Crippen LogP contribution in [0, 0.1) is 5.92 Å². The number of hydrogen-bond donors (Lipinski definition) is 2. The first-order valence-electron chi connectivity index (χ1n) is 12.1. The Morgan fingerprint density at radius 2 is 1.79 bits per heavy atom. The number of rotatable bonds is 10. The van der Waals surface area contributed by atoms with Gasteiger partial charge in [0.2, 0.25) is 5.95 Å². The highest BCUT2D eigenvalue weighted by Gasteiger charge is 2.22. The Morgan fingerprint density at radius 3 is 2.53 bits per heavy atom. The summed E-state index contributed by atoms with van der Waals surface area (Å²) in [7, 11) is 7.47. The Hall–Kier alpha value is -2.90. The third-order valence-corrected chi connectivity index (χ3v) is 6.59. The number of nitrogens with one attached hydrogen (secondary N) is 2. The maximum Gasteiger partial charge on any atom is 0.225 e. The van der Waals surface area contributed by atoms with Gasteiger partial charge in [-0.1, -0.05) is 18.2 Å². The van der Waals surface area contributed by atoms with Crippen molar-refractivity contribution < 1.29 is 9.47 Å². The molecule has 0 atom stereocenters. The van der Waals surface area contributed by atoms with E-state index in [0.29, 0.717) is 18.6 Å². The van der Waals surface area contributed by atoms with E-state index in [0.717, 1.165) is 59.9 Å². The molecule has 3 aromatic rings. The molecule has 0 aliphatic heterocycles. The second-order valence-electron chi connectivity index (χ2n) is 9.35. The summed E-state index contributed by atoms with van der Waals surface area (Å²) in [6, 6.07) is 14.9. The highest BCUT2D eigenvalue weighted by Crippen LogP contribution is 2.28. The fourth-order valence-electron chi connectivity index (χ4n) is 4.79.